The van der Waals surface area contributed by atoms with Crippen LogP contribution in [0.2, 0.25) is 0 Å². The maximum Gasteiger partial charge on any atom is 0.407 e. The van der Waals surface area contributed by atoms with Gasteiger partial charge in [0.05, 0.1) is 0 Å². The minimum absolute atomic E-state index is 0.00647. The van der Waals surface area contributed by atoms with E-state index in [-0.39, 0.29) is 12.6 Å². The maximum absolute atomic E-state index is 11.7. The molecule has 0 spiro atoms. The van der Waals surface area contributed by atoms with Crippen LogP contribution in [-0.2, 0) is 17.9 Å². The van der Waals surface area contributed by atoms with Gasteiger partial charge in [0.25, 0.3) is 0 Å². The SMILES string of the molecule is C[C@H](CNCc1ccccc1)NC(=O)OCc1ccccc1. The molecule has 0 radical (unpaired) electrons. The van der Waals surface area contributed by atoms with E-state index in [4.69, 9.17) is 4.74 Å². The highest BCUT2D eigenvalue weighted by Gasteiger charge is 2.08. The van der Waals surface area contributed by atoms with Gasteiger partial charge in [0.1, 0.15) is 6.61 Å². The van der Waals surface area contributed by atoms with Gasteiger partial charge in [-0.25, -0.2) is 4.79 Å². The van der Waals surface area contributed by atoms with Crippen molar-refractivity contribution in [2.75, 3.05) is 6.54 Å². The molecule has 2 rings (SSSR count). The maximum atomic E-state index is 11.7. The van der Waals surface area contributed by atoms with Crippen molar-refractivity contribution in [2.24, 2.45) is 0 Å². The fraction of sp³-hybridized carbons (Fsp3) is 0.278. The van der Waals surface area contributed by atoms with Crippen LogP contribution in [-0.4, -0.2) is 18.7 Å². The second-order valence-electron chi connectivity index (χ2n) is 5.22. The summed E-state index contributed by atoms with van der Waals surface area (Å²) in [6, 6.07) is 19.8. The van der Waals surface area contributed by atoms with Crippen molar-refractivity contribution in [3.05, 3.63) is 71.8 Å². The molecule has 22 heavy (non-hydrogen) atoms. The first-order valence-electron chi connectivity index (χ1n) is 7.46. The molecule has 0 unspecified atom stereocenters. The van der Waals surface area contributed by atoms with E-state index in [2.05, 4.69) is 22.8 Å². The van der Waals surface area contributed by atoms with Crippen LogP contribution in [0.5, 0.6) is 0 Å². The van der Waals surface area contributed by atoms with E-state index in [0.29, 0.717) is 6.54 Å². The Kier molecular flexibility index (Phi) is 6.45. The second-order valence-corrected chi connectivity index (χ2v) is 5.22. The fourth-order valence-electron chi connectivity index (χ4n) is 2.05. The van der Waals surface area contributed by atoms with Gasteiger partial charge < -0.3 is 15.4 Å². The average molecular weight is 298 g/mol. The summed E-state index contributed by atoms with van der Waals surface area (Å²) < 4.78 is 5.19. The van der Waals surface area contributed by atoms with E-state index in [9.17, 15) is 4.79 Å². The summed E-state index contributed by atoms with van der Waals surface area (Å²) in [5, 5.41) is 6.12. The van der Waals surface area contributed by atoms with Crippen molar-refractivity contribution in [1.29, 1.82) is 0 Å². The van der Waals surface area contributed by atoms with Gasteiger partial charge >= 0.3 is 6.09 Å². The number of rotatable bonds is 7. The van der Waals surface area contributed by atoms with Crippen molar-refractivity contribution >= 4 is 6.09 Å². The second kappa shape index (κ2) is 8.85. The number of carbonyl (C=O) groups is 1. The van der Waals surface area contributed by atoms with Crippen LogP contribution in [0.3, 0.4) is 0 Å². The third-order valence-electron chi connectivity index (χ3n) is 3.20. The molecule has 4 heteroatoms. The molecular weight excluding hydrogens is 276 g/mol. The molecule has 116 valence electrons. The summed E-state index contributed by atoms with van der Waals surface area (Å²) in [6.07, 6.45) is -0.391. The predicted octanol–water partition coefficient (Wildman–Crippen LogP) is 3.09. The molecule has 2 aromatic carbocycles. The van der Waals surface area contributed by atoms with Crippen LogP contribution in [0.1, 0.15) is 18.1 Å². The Bertz CT molecular complexity index is 558. The molecule has 0 saturated heterocycles. The van der Waals surface area contributed by atoms with Gasteiger partial charge in [-0.1, -0.05) is 60.7 Å². The third kappa shape index (κ3) is 5.97. The Morgan fingerprint density at radius 3 is 2.23 bits per heavy atom. The van der Waals surface area contributed by atoms with E-state index < -0.39 is 6.09 Å². The first-order valence-corrected chi connectivity index (χ1v) is 7.46. The van der Waals surface area contributed by atoms with Crippen LogP contribution in [0.15, 0.2) is 60.7 Å². The topological polar surface area (TPSA) is 50.4 Å². The number of alkyl carbamates (subject to hydrolysis) is 1. The van der Waals surface area contributed by atoms with Gasteiger partial charge in [-0.3, -0.25) is 0 Å². The van der Waals surface area contributed by atoms with Gasteiger partial charge in [-0.15, -0.1) is 0 Å². The molecule has 0 aliphatic rings. The number of amides is 1. The zero-order valence-corrected chi connectivity index (χ0v) is 12.8. The van der Waals surface area contributed by atoms with Gasteiger partial charge in [0, 0.05) is 19.1 Å². The number of benzene rings is 2. The summed E-state index contributed by atoms with van der Waals surface area (Å²) >= 11 is 0. The zero-order valence-electron chi connectivity index (χ0n) is 12.8. The first-order chi connectivity index (χ1) is 10.7. The molecule has 0 saturated carbocycles. The van der Waals surface area contributed by atoms with E-state index in [0.717, 1.165) is 12.1 Å². The lowest BCUT2D eigenvalue weighted by Gasteiger charge is -2.15. The summed E-state index contributed by atoms with van der Waals surface area (Å²) in [6.45, 7) is 3.71. The standard InChI is InChI=1S/C18H22N2O2/c1-15(12-19-13-16-8-4-2-5-9-16)20-18(21)22-14-17-10-6-3-7-11-17/h2-11,15,19H,12-14H2,1H3,(H,20,21)/t15-/m1/s1. The van der Waals surface area contributed by atoms with Crippen LogP contribution < -0.4 is 10.6 Å². The molecule has 0 aromatic heterocycles. The summed E-state index contributed by atoms with van der Waals surface area (Å²) in [5.74, 6) is 0. The smallest absolute Gasteiger partial charge is 0.407 e. The van der Waals surface area contributed by atoms with E-state index in [1.165, 1.54) is 5.56 Å². The predicted molar refractivity (Wildman–Crippen MR) is 87.4 cm³/mol. The molecular formula is C18H22N2O2. The van der Waals surface area contributed by atoms with Crippen molar-refractivity contribution in [2.45, 2.75) is 26.1 Å². The van der Waals surface area contributed by atoms with E-state index in [1.807, 2.05) is 55.5 Å². The van der Waals surface area contributed by atoms with Gasteiger partial charge in [0.15, 0.2) is 0 Å². The monoisotopic (exact) mass is 298 g/mol. The number of hydrogen-bond acceptors (Lipinski definition) is 3. The Balaban J connectivity index is 1.62. The number of hydrogen-bond donors (Lipinski definition) is 2. The Hall–Kier alpha value is -2.33. The quantitative estimate of drug-likeness (QED) is 0.826. The Morgan fingerprint density at radius 2 is 1.59 bits per heavy atom. The molecule has 1 amide bonds. The fourth-order valence-corrected chi connectivity index (χ4v) is 2.05. The lowest BCUT2D eigenvalue weighted by Crippen LogP contribution is -2.40. The first kappa shape index (κ1) is 16.0. The van der Waals surface area contributed by atoms with Crippen molar-refractivity contribution < 1.29 is 9.53 Å². The lowest BCUT2D eigenvalue weighted by atomic mass is 10.2. The summed E-state index contributed by atoms with van der Waals surface area (Å²) in [7, 11) is 0. The largest absolute Gasteiger partial charge is 0.445 e. The molecule has 0 bridgehead atoms. The zero-order chi connectivity index (χ0) is 15.6. The highest BCUT2D eigenvalue weighted by Crippen LogP contribution is 2.01. The lowest BCUT2D eigenvalue weighted by molar-refractivity contribution is 0.136. The van der Waals surface area contributed by atoms with Crippen molar-refractivity contribution in [1.82, 2.24) is 10.6 Å². The minimum atomic E-state index is -0.391. The van der Waals surface area contributed by atoms with E-state index in [1.54, 1.807) is 0 Å². The van der Waals surface area contributed by atoms with Crippen molar-refractivity contribution in [3.8, 4) is 0 Å². The normalized spacial score (nSPS) is 11.7. The molecule has 0 aliphatic heterocycles. The number of nitrogens with one attached hydrogen (secondary N) is 2. The highest BCUT2D eigenvalue weighted by atomic mass is 16.5. The molecule has 0 heterocycles. The average Bonchev–Trinajstić information content (AvgIpc) is 2.55. The number of carbonyl (C=O) groups excluding carboxylic acids is 1. The molecule has 2 aromatic rings. The summed E-state index contributed by atoms with van der Waals surface area (Å²) in [5.41, 5.74) is 2.20. The Morgan fingerprint density at radius 1 is 1.00 bits per heavy atom. The van der Waals surface area contributed by atoms with Crippen LogP contribution >= 0.6 is 0 Å². The van der Waals surface area contributed by atoms with E-state index >= 15 is 0 Å². The van der Waals surface area contributed by atoms with Crippen LogP contribution in [0.25, 0.3) is 0 Å². The molecule has 0 aliphatic carbocycles. The minimum Gasteiger partial charge on any atom is -0.445 e. The highest BCUT2D eigenvalue weighted by molar-refractivity contribution is 5.67. The van der Waals surface area contributed by atoms with Crippen molar-refractivity contribution in [3.63, 3.8) is 0 Å². The molecule has 2 N–H and O–H groups in total. The number of ether oxygens (including phenoxy) is 1. The molecule has 0 fully saturated rings. The van der Waals surface area contributed by atoms with Gasteiger partial charge in [-0.2, -0.15) is 0 Å². The van der Waals surface area contributed by atoms with Crippen LogP contribution in [0, 0.1) is 0 Å². The van der Waals surface area contributed by atoms with Crippen LogP contribution in [0.4, 0.5) is 4.79 Å². The van der Waals surface area contributed by atoms with Gasteiger partial charge in [-0.05, 0) is 18.1 Å². The Labute approximate surface area is 131 Å². The van der Waals surface area contributed by atoms with Gasteiger partial charge in [0.2, 0.25) is 0 Å². The molecule has 1 atom stereocenters. The molecule has 4 nitrogen and oxygen atoms in total. The third-order valence-corrected chi connectivity index (χ3v) is 3.20. The summed E-state index contributed by atoms with van der Waals surface area (Å²) in [4.78, 5) is 11.7.